The van der Waals surface area contributed by atoms with Gasteiger partial charge in [0.05, 0.1) is 12.8 Å². The first-order valence-electron chi connectivity index (χ1n) is 6.67. The number of allylic oxidation sites excluding steroid dienone is 1. The summed E-state index contributed by atoms with van der Waals surface area (Å²) in [7, 11) is 1.57. The monoisotopic (exact) mass is 296 g/mol. The van der Waals surface area contributed by atoms with Crippen LogP contribution >= 0.6 is 0 Å². The van der Waals surface area contributed by atoms with Gasteiger partial charge < -0.3 is 9.84 Å². The summed E-state index contributed by atoms with van der Waals surface area (Å²) >= 11 is 0. The molecule has 0 aliphatic heterocycles. The highest BCUT2D eigenvalue weighted by Gasteiger charge is 2.12. The summed E-state index contributed by atoms with van der Waals surface area (Å²) in [6.45, 7) is 1.33. The fourth-order valence-electron chi connectivity index (χ4n) is 1.77. The first kappa shape index (κ1) is 15.4. The topological polar surface area (TPSA) is 71.2 Å². The van der Waals surface area contributed by atoms with E-state index in [0.29, 0.717) is 17.0 Å². The van der Waals surface area contributed by atoms with Crippen LogP contribution in [-0.4, -0.2) is 18.0 Å². The van der Waals surface area contributed by atoms with Crippen LogP contribution in [0.2, 0.25) is 0 Å². The van der Waals surface area contributed by atoms with Crippen LogP contribution in [0.4, 0.5) is 5.69 Å². The second kappa shape index (κ2) is 7.17. The number of Topliss-reactive ketones (excluding diaryl/α,β-unsaturated/α-hetero) is 1. The summed E-state index contributed by atoms with van der Waals surface area (Å²) in [4.78, 5) is 11.7. The Morgan fingerprint density at radius 2 is 1.68 bits per heavy atom. The van der Waals surface area contributed by atoms with E-state index in [-0.39, 0.29) is 17.2 Å². The maximum absolute atomic E-state index is 11.7. The highest BCUT2D eigenvalue weighted by Crippen LogP contribution is 2.22. The minimum Gasteiger partial charge on any atom is -0.505 e. The third-order valence-electron chi connectivity index (χ3n) is 2.94. The number of ketones is 1. The minimum atomic E-state index is -0.362. The van der Waals surface area contributed by atoms with Crippen molar-refractivity contribution in [2.75, 3.05) is 7.11 Å². The van der Waals surface area contributed by atoms with Crippen LogP contribution in [0.15, 0.2) is 70.5 Å². The summed E-state index contributed by atoms with van der Waals surface area (Å²) in [5.41, 5.74) is 0.990. The van der Waals surface area contributed by atoms with Gasteiger partial charge in [-0.2, -0.15) is 5.11 Å². The smallest absolute Gasteiger partial charge is 0.183 e. The maximum atomic E-state index is 11.7. The van der Waals surface area contributed by atoms with Crippen molar-refractivity contribution in [2.45, 2.75) is 6.92 Å². The molecule has 1 N–H and O–H groups in total. The first-order chi connectivity index (χ1) is 10.6. The molecule has 2 aromatic rings. The number of methoxy groups -OCH3 is 1. The molecule has 0 unspecified atom stereocenters. The van der Waals surface area contributed by atoms with Gasteiger partial charge in [0.2, 0.25) is 0 Å². The number of rotatable bonds is 5. The highest BCUT2D eigenvalue weighted by atomic mass is 16.5. The van der Waals surface area contributed by atoms with Gasteiger partial charge >= 0.3 is 0 Å². The molecular weight excluding hydrogens is 280 g/mol. The first-order valence-corrected chi connectivity index (χ1v) is 6.67. The third kappa shape index (κ3) is 3.79. The van der Waals surface area contributed by atoms with Crippen molar-refractivity contribution in [1.29, 1.82) is 0 Å². The van der Waals surface area contributed by atoms with Crippen molar-refractivity contribution < 1.29 is 14.6 Å². The van der Waals surface area contributed by atoms with Crippen LogP contribution in [0.25, 0.3) is 5.76 Å². The third-order valence-corrected chi connectivity index (χ3v) is 2.94. The molecule has 0 aromatic heterocycles. The zero-order valence-electron chi connectivity index (χ0n) is 12.4. The Hall–Kier alpha value is -2.95. The number of azo groups is 1. The number of carbonyl (C=O) groups excluding carboxylic acids is 1. The zero-order valence-corrected chi connectivity index (χ0v) is 12.4. The predicted octanol–water partition coefficient (Wildman–Crippen LogP) is 4.29. The highest BCUT2D eigenvalue weighted by molar-refractivity contribution is 5.99. The lowest BCUT2D eigenvalue weighted by atomic mass is 10.1. The van der Waals surface area contributed by atoms with E-state index in [1.54, 1.807) is 55.6 Å². The molecule has 0 radical (unpaired) electrons. The fraction of sp³-hybridized carbons (Fsp3) is 0.118. The Morgan fingerprint density at radius 3 is 2.23 bits per heavy atom. The molecule has 5 nitrogen and oxygen atoms in total. The van der Waals surface area contributed by atoms with Gasteiger partial charge in [-0.3, -0.25) is 4.79 Å². The standard InChI is InChI=1S/C17H16N2O3/c1-12(20)16(17(21)13-6-4-3-5-7-13)19-18-14-8-10-15(22-2)11-9-14/h3-11,21H,1-2H3/b17-16+,19-18?. The maximum Gasteiger partial charge on any atom is 0.183 e. The average molecular weight is 296 g/mol. The Kier molecular flexibility index (Phi) is 5.03. The lowest BCUT2D eigenvalue weighted by Crippen LogP contribution is -1.98. The molecule has 0 saturated carbocycles. The number of hydrogen-bond acceptors (Lipinski definition) is 5. The normalized spacial score (nSPS) is 12.1. The minimum absolute atomic E-state index is 0.0815. The lowest BCUT2D eigenvalue weighted by molar-refractivity contribution is -0.113. The molecule has 5 heteroatoms. The van der Waals surface area contributed by atoms with E-state index in [2.05, 4.69) is 10.2 Å². The van der Waals surface area contributed by atoms with Crippen LogP contribution in [0.3, 0.4) is 0 Å². The fourth-order valence-corrected chi connectivity index (χ4v) is 1.77. The van der Waals surface area contributed by atoms with Crippen LogP contribution in [0.1, 0.15) is 12.5 Å². The van der Waals surface area contributed by atoms with Gasteiger partial charge in [-0.25, -0.2) is 0 Å². The molecule has 0 fully saturated rings. The van der Waals surface area contributed by atoms with Gasteiger partial charge in [0.25, 0.3) is 0 Å². The number of nitrogens with zero attached hydrogens (tertiary/aromatic N) is 2. The Morgan fingerprint density at radius 1 is 1.05 bits per heavy atom. The van der Waals surface area contributed by atoms with Crippen molar-refractivity contribution in [1.82, 2.24) is 0 Å². The molecule has 0 saturated heterocycles. The van der Waals surface area contributed by atoms with Gasteiger partial charge in [0.15, 0.2) is 17.2 Å². The van der Waals surface area contributed by atoms with E-state index in [1.165, 1.54) is 6.92 Å². The molecule has 0 bridgehead atoms. The number of carbonyl (C=O) groups is 1. The van der Waals surface area contributed by atoms with Crippen LogP contribution in [0.5, 0.6) is 5.75 Å². The van der Waals surface area contributed by atoms with E-state index in [4.69, 9.17) is 4.74 Å². The zero-order chi connectivity index (χ0) is 15.9. The molecule has 0 heterocycles. The summed E-state index contributed by atoms with van der Waals surface area (Å²) in [6.07, 6.45) is 0. The van der Waals surface area contributed by atoms with E-state index in [1.807, 2.05) is 6.07 Å². The van der Waals surface area contributed by atoms with Crippen LogP contribution in [0, 0.1) is 0 Å². The van der Waals surface area contributed by atoms with E-state index in [9.17, 15) is 9.90 Å². The molecule has 112 valence electrons. The Balaban J connectivity index is 2.32. The average Bonchev–Trinajstić information content (AvgIpc) is 2.56. The molecule has 2 rings (SSSR count). The summed E-state index contributed by atoms with van der Waals surface area (Å²) in [5.74, 6) is 0.150. The van der Waals surface area contributed by atoms with Gasteiger partial charge in [0, 0.05) is 12.5 Å². The molecule has 22 heavy (non-hydrogen) atoms. The molecular formula is C17H16N2O3. The van der Waals surface area contributed by atoms with Crippen molar-refractivity contribution in [3.8, 4) is 5.75 Å². The van der Waals surface area contributed by atoms with Crippen molar-refractivity contribution in [3.05, 3.63) is 65.9 Å². The number of aliphatic hydroxyl groups excluding tert-OH is 1. The van der Waals surface area contributed by atoms with Crippen LogP contribution < -0.4 is 4.74 Å². The molecule has 0 amide bonds. The molecule has 0 aliphatic rings. The quantitative estimate of drug-likeness (QED) is 0.508. The van der Waals surface area contributed by atoms with Crippen molar-refractivity contribution >= 4 is 17.2 Å². The molecule has 0 atom stereocenters. The lowest BCUT2D eigenvalue weighted by Gasteiger charge is -2.03. The SMILES string of the molecule is COc1ccc(N=N/C(C(C)=O)=C(/O)c2ccccc2)cc1. The predicted molar refractivity (Wildman–Crippen MR) is 84.2 cm³/mol. The van der Waals surface area contributed by atoms with E-state index in [0.717, 1.165) is 0 Å². The van der Waals surface area contributed by atoms with E-state index < -0.39 is 0 Å². The molecule has 2 aromatic carbocycles. The summed E-state index contributed by atoms with van der Waals surface area (Å²) in [5, 5.41) is 18.1. The summed E-state index contributed by atoms with van der Waals surface area (Å²) in [6, 6.07) is 15.6. The van der Waals surface area contributed by atoms with Crippen LogP contribution in [-0.2, 0) is 4.79 Å². The molecule has 0 aliphatic carbocycles. The summed E-state index contributed by atoms with van der Waals surface area (Å²) < 4.78 is 5.05. The van der Waals surface area contributed by atoms with E-state index >= 15 is 0 Å². The Labute approximate surface area is 128 Å². The number of ether oxygens (including phenoxy) is 1. The number of benzene rings is 2. The van der Waals surface area contributed by atoms with Crippen molar-refractivity contribution in [2.24, 2.45) is 10.2 Å². The number of aliphatic hydroxyl groups is 1. The molecule has 0 spiro atoms. The van der Waals surface area contributed by atoms with Crippen molar-refractivity contribution in [3.63, 3.8) is 0 Å². The second-order valence-corrected chi connectivity index (χ2v) is 4.52. The number of hydrogen-bond donors (Lipinski definition) is 1. The van der Waals surface area contributed by atoms with Gasteiger partial charge in [0.1, 0.15) is 5.75 Å². The van der Waals surface area contributed by atoms with Gasteiger partial charge in [-0.1, -0.05) is 30.3 Å². The second-order valence-electron chi connectivity index (χ2n) is 4.52. The largest absolute Gasteiger partial charge is 0.505 e. The van der Waals surface area contributed by atoms with Gasteiger partial charge in [-0.05, 0) is 24.3 Å². The Bertz CT molecular complexity index is 704. The van der Waals surface area contributed by atoms with Gasteiger partial charge in [-0.15, -0.1) is 5.11 Å².